The van der Waals surface area contributed by atoms with Crippen LogP contribution in [-0.2, 0) is 16.1 Å². The number of piperazine rings is 1. The lowest BCUT2D eigenvalue weighted by atomic mass is 9.83. The number of rotatable bonds is 4. The number of hydrogen-bond donors (Lipinski definition) is 0. The average molecular weight is 456 g/mol. The third kappa shape index (κ3) is 5.58. The van der Waals surface area contributed by atoms with Crippen LogP contribution in [0.15, 0.2) is 42.5 Å². The molecule has 0 N–H and O–H groups in total. The molecule has 2 saturated heterocycles. The molecule has 0 bridgehead atoms. The highest BCUT2D eigenvalue weighted by Gasteiger charge is 2.35. The first-order valence-corrected chi connectivity index (χ1v) is 11.6. The number of hydrogen-bond acceptors (Lipinski definition) is 3. The van der Waals surface area contributed by atoms with Crippen LogP contribution in [0.3, 0.4) is 0 Å². The fourth-order valence-electron chi connectivity index (χ4n) is 5.01. The van der Waals surface area contributed by atoms with Crippen LogP contribution in [0, 0.1) is 24.5 Å². The Bertz CT molecular complexity index is 1000. The molecule has 0 radical (unpaired) electrons. The molecule has 176 valence electrons. The maximum Gasteiger partial charge on any atom is 0.227 e. The molecule has 0 aliphatic carbocycles. The summed E-state index contributed by atoms with van der Waals surface area (Å²) in [6.07, 6.45) is 0.705. The summed E-state index contributed by atoms with van der Waals surface area (Å²) < 4.78 is 27.2. The number of carbonyl (C=O) groups is 2. The topological polar surface area (TPSA) is 43.9 Å². The molecule has 2 heterocycles. The van der Waals surface area contributed by atoms with Crippen molar-refractivity contribution < 1.29 is 18.4 Å². The number of benzene rings is 2. The Kier molecular flexibility index (Phi) is 7.08. The third-order valence-corrected chi connectivity index (χ3v) is 6.88. The highest BCUT2D eigenvalue weighted by molar-refractivity contribution is 5.80. The van der Waals surface area contributed by atoms with Crippen molar-refractivity contribution in [1.29, 1.82) is 0 Å². The molecule has 0 saturated carbocycles. The first kappa shape index (κ1) is 23.4. The number of aryl methyl sites for hydroxylation is 1. The summed E-state index contributed by atoms with van der Waals surface area (Å²) in [4.78, 5) is 31.0. The Hall–Kier alpha value is -2.80. The number of nitrogens with zero attached hydrogens (tertiary/aromatic N) is 3. The van der Waals surface area contributed by atoms with Crippen molar-refractivity contribution in [1.82, 2.24) is 14.7 Å². The van der Waals surface area contributed by atoms with E-state index < -0.39 is 0 Å². The SMILES string of the molecule is CC(=O)N1CCN(C(=O)C2CC(c3ccc(F)c(C)c3)CN(Cc3ccc(F)cc3)C2)CC1. The van der Waals surface area contributed by atoms with Gasteiger partial charge in [-0.2, -0.15) is 0 Å². The zero-order valence-corrected chi connectivity index (χ0v) is 19.3. The summed E-state index contributed by atoms with van der Waals surface area (Å²) in [5.41, 5.74) is 2.64. The van der Waals surface area contributed by atoms with E-state index in [1.54, 1.807) is 30.9 Å². The van der Waals surface area contributed by atoms with Gasteiger partial charge in [0.25, 0.3) is 0 Å². The number of carbonyl (C=O) groups excluding carboxylic acids is 2. The lowest BCUT2D eigenvalue weighted by Gasteiger charge is -2.41. The lowest BCUT2D eigenvalue weighted by Crippen LogP contribution is -2.53. The van der Waals surface area contributed by atoms with Gasteiger partial charge in [0, 0.05) is 52.7 Å². The van der Waals surface area contributed by atoms with E-state index >= 15 is 0 Å². The summed E-state index contributed by atoms with van der Waals surface area (Å²) in [5, 5.41) is 0. The van der Waals surface area contributed by atoms with Crippen LogP contribution < -0.4 is 0 Å². The minimum absolute atomic E-state index is 0.0389. The van der Waals surface area contributed by atoms with Crippen LogP contribution in [0.2, 0.25) is 0 Å². The fourth-order valence-corrected chi connectivity index (χ4v) is 5.01. The van der Waals surface area contributed by atoms with Crippen LogP contribution in [0.25, 0.3) is 0 Å². The molecule has 0 spiro atoms. The van der Waals surface area contributed by atoms with Gasteiger partial charge < -0.3 is 9.80 Å². The van der Waals surface area contributed by atoms with E-state index in [4.69, 9.17) is 0 Å². The summed E-state index contributed by atoms with van der Waals surface area (Å²) in [7, 11) is 0. The Morgan fingerprint density at radius 1 is 0.939 bits per heavy atom. The Balaban J connectivity index is 1.52. The zero-order chi connectivity index (χ0) is 23.5. The van der Waals surface area contributed by atoms with Gasteiger partial charge in [0.1, 0.15) is 11.6 Å². The van der Waals surface area contributed by atoms with Gasteiger partial charge in [-0.15, -0.1) is 0 Å². The van der Waals surface area contributed by atoms with E-state index in [9.17, 15) is 18.4 Å². The molecule has 2 unspecified atom stereocenters. The van der Waals surface area contributed by atoms with Gasteiger partial charge in [0.2, 0.25) is 11.8 Å². The minimum Gasteiger partial charge on any atom is -0.339 e. The molecule has 2 amide bonds. The van der Waals surface area contributed by atoms with E-state index in [-0.39, 0.29) is 35.3 Å². The molecule has 2 aromatic rings. The van der Waals surface area contributed by atoms with Crippen molar-refractivity contribution in [2.75, 3.05) is 39.3 Å². The van der Waals surface area contributed by atoms with Gasteiger partial charge in [-0.05, 0) is 54.2 Å². The van der Waals surface area contributed by atoms with Crippen molar-refractivity contribution in [2.24, 2.45) is 5.92 Å². The van der Waals surface area contributed by atoms with Crippen molar-refractivity contribution in [3.63, 3.8) is 0 Å². The van der Waals surface area contributed by atoms with E-state index in [0.29, 0.717) is 51.3 Å². The standard InChI is InChI=1S/C26H31F2N3O2/c1-18-13-21(5-8-25(18)28)22-14-23(26(33)31-11-9-30(10-12-31)19(2)32)17-29(16-22)15-20-3-6-24(27)7-4-20/h3-8,13,22-23H,9-12,14-17H2,1-2H3. The molecular weight excluding hydrogens is 424 g/mol. The molecule has 7 heteroatoms. The van der Waals surface area contributed by atoms with Gasteiger partial charge in [0.15, 0.2) is 0 Å². The molecule has 0 aromatic heterocycles. The van der Waals surface area contributed by atoms with E-state index in [1.807, 2.05) is 17.0 Å². The molecule has 2 aliphatic rings. The largest absolute Gasteiger partial charge is 0.339 e. The highest BCUT2D eigenvalue weighted by Crippen LogP contribution is 2.33. The average Bonchev–Trinajstić information content (AvgIpc) is 2.81. The van der Waals surface area contributed by atoms with Crippen molar-refractivity contribution >= 4 is 11.8 Å². The second-order valence-corrected chi connectivity index (χ2v) is 9.29. The van der Waals surface area contributed by atoms with Crippen LogP contribution in [0.4, 0.5) is 8.78 Å². The van der Waals surface area contributed by atoms with Crippen molar-refractivity contribution in [3.05, 3.63) is 70.8 Å². The smallest absolute Gasteiger partial charge is 0.227 e. The molecule has 2 aliphatic heterocycles. The summed E-state index contributed by atoms with van der Waals surface area (Å²) in [6, 6.07) is 11.7. The van der Waals surface area contributed by atoms with Crippen LogP contribution in [0.5, 0.6) is 0 Å². The van der Waals surface area contributed by atoms with Crippen LogP contribution in [0.1, 0.15) is 36.0 Å². The Morgan fingerprint density at radius 3 is 2.24 bits per heavy atom. The minimum atomic E-state index is -0.269. The van der Waals surface area contributed by atoms with Gasteiger partial charge in [-0.3, -0.25) is 14.5 Å². The predicted molar refractivity (Wildman–Crippen MR) is 122 cm³/mol. The predicted octanol–water partition coefficient (Wildman–Crippen LogP) is 3.57. The summed E-state index contributed by atoms with van der Waals surface area (Å²) in [6.45, 7) is 7.54. The van der Waals surface area contributed by atoms with E-state index in [1.165, 1.54) is 18.2 Å². The monoisotopic (exact) mass is 455 g/mol. The highest BCUT2D eigenvalue weighted by atomic mass is 19.1. The number of likely N-dealkylation sites (tertiary alicyclic amines) is 1. The first-order valence-electron chi connectivity index (χ1n) is 11.6. The fraction of sp³-hybridized carbons (Fsp3) is 0.462. The van der Waals surface area contributed by atoms with E-state index in [2.05, 4.69) is 4.90 Å². The third-order valence-electron chi connectivity index (χ3n) is 6.88. The summed E-state index contributed by atoms with van der Waals surface area (Å²) in [5.74, 6) is -0.421. The van der Waals surface area contributed by atoms with Gasteiger partial charge in [0.05, 0.1) is 5.92 Å². The summed E-state index contributed by atoms with van der Waals surface area (Å²) >= 11 is 0. The second-order valence-electron chi connectivity index (χ2n) is 9.29. The maximum absolute atomic E-state index is 13.9. The maximum atomic E-state index is 13.9. The molecule has 2 fully saturated rings. The van der Waals surface area contributed by atoms with Crippen molar-refractivity contribution in [2.45, 2.75) is 32.7 Å². The Morgan fingerprint density at radius 2 is 1.61 bits per heavy atom. The van der Waals surface area contributed by atoms with Gasteiger partial charge in [-0.25, -0.2) is 8.78 Å². The Labute approximate surface area is 194 Å². The normalized spacial score (nSPS) is 21.8. The molecular formula is C26H31F2N3O2. The van der Waals surface area contributed by atoms with E-state index in [0.717, 1.165) is 17.7 Å². The molecule has 2 aromatic carbocycles. The molecule has 4 rings (SSSR count). The molecule has 2 atom stereocenters. The number of halogens is 2. The van der Waals surface area contributed by atoms with Gasteiger partial charge >= 0.3 is 0 Å². The lowest BCUT2D eigenvalue weighted by molar-refractivity contribution is -0.143. The van der Waals surface area contributed by atoms with Crippen LogP contribution in [-0.4, -0.2) is 65.8 Å². The zero-order valence-electron chi connectivity index (χ0n) is 19.3. The number of piperidine rings is 1. The quantitative estimate of drug-likeness (QED) is 0.708. The molecule has 33 heavy (non-hydrogen) atoms. The van der Waals surface area contributed by atoms with Crippen molar-refractivity contribution in [3.8, 4) is 0 Å². The molecule has 5 nitrogen and oxygen atoms in total. The van der Waals surface area contributed by atoms with Gasteiger partial charge in [-0.1, -0.05) is 24.3 Å². The number of amides is 2. The van der Waals surface area contributed by atoms with Crippen LogP contribution >= 0.6 is 0 Å². The second kappa shape index (κ2) is 10.00. The first-order chi connectivity index (χ1) is 15.8.